The highest BCUT2D eigenvalue weighted by Crippen LogP contribution is 2.28. The maximum absolute atomic E-state index is 12.6. The van der Waals surface area contributed by atoms with E-state index in [1.165, 1.54) is 0 Å². The smallest absolute Gasteiger partial charge is 0.251 e. The van der Waals surface area contributed by atoms with Gasteiger partial charge < -0.3 is 9.84 Å². The van der Waals surface area contributed by atoms with Crippen molar-refractivity contribution in [1.29, 1.82) is 0 Å². The summed E-state index contributed by atoms with van der Waals surface area (Å²) in [7, 11) is 0. The van der Waals surface area contributed by atoms with E-state index in [9.17, 15) is 9.59 Å². The summed E-state index contributed by atoms with van der Waals surface area (Å²) in [4.78, 5) is 28.6. The SMILES string of the molecule is CC[C@H](NC(=O)c1ccc(-c2ccc3c(c2)CCC3=O)cc1)c1nc(C)no1. The lowest BCUT2D eigenvalue weighted by Gasteiger charge is -2.13. The van der Waals surface area contributed by atoms with Crippen LogP contribution in [0.5, 0.6) is 0 Å². The van der Waals surface area contributed by atoms with Crippen LogP contribution < -0.4 is 5.32 Å². The largest absolute Gasteiger partial charge is 0.340 e. The zero-order valence-electron chi connectivity index (χ0n) is 15.9. The van der Waals surface area contributed by atoms with Crippen molar-refractivity contribution in [2.75, 3.05) is 0 Å². The number of nitrogens with one attached hydrogen (secondary N) is 1. The lowest BCUT2D eigenvalue weighted by molar-refractivity contribution is 0.0926. The van der Waals surface area contributed by atoms with E-state index in [-0.39, 0.29) is 17.7 Å². The topological polar surface area (TPSA) is 85.1 Å². The molecule has 0 saturated heterocycles. The van der Waals surface area contributed by atoms with E-state index < -0.39 is 0 Å². The van der Waals surface area contributed by atoms with Gasteiger partial charge in [0.1, 0.15) is 6.04 Å². The second-order valence-electron chi connectivity index (χ2n) is 6.99. The molecular formula is C22H21N3O3. The van der Waals surface area contributed by atoms with Gasteiger partial charge in [0.15, 0.2) is 11.6 Å². The normalized spacial score (nSPS) is 14.0. The number of carbonyl (C=O) groups is 2. The highest BCUT2D eigenvalue weighted by molar-refractivity contribution is 6.01. The van der Waals surface area contributed by atoms with Gasteiger partial charge in [-0.2, -0.15) is 4.98 Å². The van der Waals surface area contributed by atoms with Crippen LogP contribution >= 0.6 is 0 Å². The minimum atomic E-state index is -0.317. The molecule has 1 heterocycles. The minimum Gasteiger partial charge on any atom is -0.340 e. The Morgan fingerprint density at radius 3 is 2.57 bits per heavy atom. The quantitative estimate of drug-likeness (QED) is 0.727. The van der Waals surface area contributed by atoms with Crippen LogP contribution in [0, 0.1) is 6.92 Å². The van der Waals surface area contributed by atoms with Crippen molar-refractivity contribution >= 4 is 11.7 Å². The Bertz CT molecular complexity index is 1040. The molecule has 3 aromatic rings. The number of hydrogen-bond acceptors (Lipinski definition) is 5. The fraction of sp³-hybridized carbons (Fsp3) is 0.273. The molecule has 1 aliphatic carbocycles. The molecule has 0 saturated carbocycles. The van der Waals surface area contributed by atoms with Crippen LogP contribution in [0.1, 0.15) is 63.8 Å². The van der Waals surface area contributed by atoms with E-state index in [4.69, 9.17) is 4.52 Å². The number of aromatic nitrogens is 2. The fourth-order valence-electron chi connectivity index (χ4n) is 3.48. The third-order valence-corrected chi connectivity index (χ3v) is 5.06. The van der Waals surface area contributed by atoms with Crippen molar-refractivity contribution in [3.05, 3.63) is 70.9 Å². The summed E-state index contributed by atoms with van der Waals surface area (Å²) < 4.78 is 5.18. The van der Waals surface area contributed by atoms with Crippen LogP contribution in [-0.2, 0) is 6.42 Å². The summed E-state index contributed by atoms with van der Waals surface area (Å²) >= 11 is 0. The Morgan fingerprint density at radius 2 is 1.89 bits per heavy atom. The Labute approximate surface area is 163 Å². The lowest BCUT2D eigenvalue weighted by Crippen LogP contribution is -2.28. The van der Waals surface area contributed by atoms with Gasteiger partial charge in [-0.3, -0.25) is 9.59 Å². The summed E-state index contributed by atoms with van der Waals surface area (Å²) in [5.41, 5.74) is 4.56. The molecule has 0 fully saturated rings. The highest BCUT2D eigenvalue weighted by Gasteiger charge is 2.21. The summed E-state index contributed by atoms with van der Waals surface area (Å²) in [5, 5.41) is 6.72. The molecule has 0 unspecified atom stereocenters. The Hall–Kier alpha value is -3.28. The summed E-state index contributed by atoms with van der Waals surface area (Å²) in [6, 6.07) is 13.1. The van der Waals surface area contributed by atoms with Gasteiger partial charge >= 0.3 is 0 Å². The summed E-state index contributed by atoms with van der Waals surface area (Å²) in [6.07, 6.45) is 2.05. The first-order chi connectivity index (χ1) is 13.5. The molecule has 0 radical (unpaired) electrons. The second kappa shape index (κ2) is 7.38. The fourth-order valence-corrected chi connectivity index (χ4v) is 3.48. The number of aryl methyl sites for hydroxylation is 2. The molecule has 28 heavy (non-hydrogen) atoms. The van der Waals surface area contributed by atoms with Gasteiger partial charge in [0, 0.05) is 17.5 Å². The number of Topliss-reactive ketones (excluding diaryl/α,β-unsaturated/α-hetero) is 1. The second-order valence-corrected chi connectivity index (χ2v) is 6.99. The molecule has 1 aromatic heterocycles. The van der Waals surface area contributed by atoms with E-state index in [1.807, 2.05) is 31.2 Å². The number of nitrogens with zero attached hydrogens (tertiary/aromatic N) is 2. The molecule has 0 spiro atoms. The number of carbonyl (C=O) groups excluding carboxylic acids is 2. The molecule has 6 heteroatoms. The van der Waals surface area contributed by atoms with E-state index in [2.05, 4.69) is 21.5 Å². The van der Waals surface area contributed by atoms with Crippen molar-refractivity contribution in [3.8, 4) is 11.1 Å². The molecule has 1 atom stereocenters. The van der Waals surface area contributed by atoms with Crippen LogP contribution in [0.4, 0.5) is 0 Å². The zero-order valence-corrected chi connectivity index (χ0v) is 15.9. The molecule has 142 valence electrons. The predicted octanol–water partition coefficient (Wildman–Crippen LogP) is 4.06. The zero-order chi connectivity index (χ0) is 19.7. The van der Waals surface area contributed by atoms with Gasteiger partial charge in [-0.15, -0.1) is 0 Å². The Morgan fingerprint density at radius 1 is 1.14 bits per heavy atom. The Balaban J connectivity index is 1.50. The first kappa shape index (κ1) is 18.1. The molecule has 0 bridgehead atoms. The van der Waals surface area contributed by atoms with Crippen LogP contribution in [0.3, 0.4) is 0 Å². The third kappa shape index (κ3) is 3.45. The van der Waals surface area contributed by atoms with Crippen LogP contribution in [0.25, 0.3) is 11.1 Å². The molecule has 1 N–H and O–H groups in total. The van der Waals surface area contributed by atoms with E-state index >= 15 is 0 Å². The first-order valence-electron chi connectivity index (χ1n) is 9.42. The molecule has 1 aliphatic rings. The highest BCUT2D eigenvalue weighted by atomic mass is 16.5. The van der Waals surface area contributed by atoms with Gasteiger partial charge in [-0.25, -0.2) is 0 Å². The van der Waals surface area contributed by atoms with Crippen molar-refractivity contribution < 1.29 is 14.1 Å². The number of benzene rings is 2. The first-order valence-corrected chi connectivity index (χ1v) is 9.42. The maximum atomic E-state index is 12.6. The van der Waals surface area contributed by atoms with Gasteiger partial charge in [0.2, 0.25) is 5.89 Å². The lowest BCUT2D eigenvalue weighted by atomic mass is 9.99. The third-order valence-electron chi connectivity index (χ3n) is 5.06. The number of amides is 1. The van der Waals surface area contributed by atoms with Crippen molar-refractivity contribution in [2.24, 2.45) is 0 Å². The van der Waals surface area contributed by atoms with Gasteiger partial charge in [-0.1, -0.05) is 42.4 Å². The number of rotatable bonds is 5. The molecule has 4 rings (SSSR count). The number of fused-ring (bicyclic) bond motifs is 1. The molecule has 6 nitrogen and oxygen atoms in total. The number of hydrogen-bond donors (Lipinski definition) is 1. The molecule has 2 aromatic carbocycles. The van der Waals surface area contributed by atoms with E-state index in [0.717, 1.165) is 28.7 Å². The average molecular weight is 375 g/mol. The molecular weight excluding hydrogens is 354 g/mol. The maximum Gasteiger partial charge on any atom is 0.251 e. The van der Waals surface area contributed by atoms with E-state index in [0.29, 0.717) is 30.1 Å². The summed E-state index contributed by atoms with van der Waals surface area (Å²) in [6.45, 7) is 3.70. The standard InChI is InChI=1S/C22H21N3O3/c1-3-19(22-23-13(2)25-28-22)24-21(27)15-6-4-14(5-7-15)16-8-10-18-17(12-16)9-11-20(18)26/h4-8,10,12,19H,3,9,11H2,1-2H3,(H,24,27)/t19-/m0/s1. The van der Waals surface area contributed by atoms with Crippen LogP contribution in [-0.4, -0.2) is 21.8 Å². The van der Waals surface area contributed by atoms with Gasteiger partial charge in [0.05, 0.1) is 0 Å². The van der Waals surface area contributed by atoms with Crippen molar-refractivity contribution in [3.63, 3.8) is 0 Å². The van der Waals surface area contributed by atoms with Gasteiger partial charge in [-0.05, 0) is 48.6 Å². The Kier molecular flexibility index (Phi) is 4.77. The van der Waals surface area contributed by atoms with Crippen molar-refractivity contribution in [1.82, 2.24) is 15.5 Å². The monoisotopic (exact) mass is 375 g/mol. The minimum absolute atomic E-state index is 0.186. The molecule has 0 aliphatic heterocycles. The summed E-state index contributed by atoms with van der Waals surface area (Å²) in [5.74, 6) is 0.991. The average Bonchev–Trinajstić information content (AvgIpc) is 3.31. The van der Waals surface area contributed by atoms with Crippen LogP contribution in [0.2, 0.25) is 0 Å². The number of ketones is 1. The van der Waals surface area contributed by atoms with E-state index in [1.54, 1.807) is 19.1 Å². The molecule has 1 amide bonds. The van der Waals surface area contributed by atoms with Gasteiger partial charge in [0.25, 0.3) is 5.91 Å². The predicted molar refractivity (Wildman–Crippen MR) is 104 cm³/mol. The van der Waals surface area contributed by atoms with Crippen LogP contribution in [0.15, 0.2) is 47.0 Å². The van der Waals surface area contributed by atoms with Crippen molar-refractivity contribution in [2.45, 2.75) is 39.2 Å².